The highest BCUT2D eigenvalue weighted by Gasteiger charge is 2.52. The minimum absolute atomic E-state index is 0.0325. The third-order valence-electron chi connectivity index (χ3n) is 6.22. The van der Waals surface area contributed by atoms with Gasteiger partial charge in [-0.15, -0.1) is 0 Å². The van der Waals surface area contributed by atoms with Crippen LogP contribution < -0.4 is 5.43 Å². The van der Waals surface area contributed by atoms with Gasteiger partial charge in [0.15, 0.2) is 5.60 Å². The Bertz CT molecular complexity index is 1260. The number of hydrogen-bond donors (Lipinski definition) is 2. The zero-order valence-corrected chi connectivity index (χ0v) is 19.5. The summed E-state index contributed by atoms with van der Waals surface area (Å²) in [7, 11) is 0. The molecule has 1 heterocycles. The van der Waals surface area contributed by atoms with Crippen molar-refractivity contribution in [2.75, 3.05) is 5.43 Å². The maximum Gasteiger partial charge on any atom is 0.301 e. The van der Waals surface area contributed by atoms with Gasteiger partial charge in [0.25, 0.3) is 5.69 Å². The molecule has 2 atom stereocenters. The fourth-order valence-electron chi connectivity index (χ4n) is 4.28. The smallest absolute Gasteiger partial charge is 0.301 e. The second kappa shape index (κ2) is 9.82. The Morgan fingerprint density at radius 1 is 0.972 bits per heavy atom. The van der Waals surface area contributed by atoms with Gasteiger partial charge in [0.05, 0.1) is 21.8 Å². The van der Waals surface area contributed by atoms with E-state index in [-0.39, 0.29) is 12.1 Å². The Labute approximate surface area is 206 Å². The van der Waals surface area contributed by atoms with E-state index in [4.69, 9.17) is 9.78 Å². The molecule has 0 amide bonds. The van der Waals surface area contributed by atoms with Gasteiger partial charge in [-0.05, 0) is 31.0 Å². The standard InChI is InChI=1S/C25H24N4O7/c1-17(26-27-22-14-13-20(28(31)32)15-23(22)29(33)34)21-16-25(36-35-24(21,2)30,18-9-5-3-6-10-18)19-11-7-4-8-12-19/h3-15,21,27,30H,16H2,1-2H3/b26-17+. The van der Waals surface area contributed by atoms with Crippen molar-refractivity contribution >= 4 is 22.8 Å². The first-order chi connectivity index (χ1) is 17.1. The number of nitrogens with zero attached hydrogens (tertiary/aromatic N) is 3. The molecule has 2 N–H and O–H groups in total. The molecule has 0 radical (unpaired) electrons. The molecule has 1 aliphatic rings. The van der Waals surface area contributed by atoms with Gasteiger partial charge >= 0.3 is 5.69 Å². The van der Waals surface area contributed by atoms with Gasteiger partial charge in [-0.2, -0.15) is 9.99 Å². The molecule has 0 aromatic heterocycles. The minimum atomic E-state index is -1.76. The molecule has 3 aromatic carbocycles. The maximum absolute atomic E-state index is 11.5. The Balaban J connectivity index is 1.71. The molecule has 0 aliphatic carbocycles. The summed E-state index contributed by atoms with van der Waals surface area (Å²) in [5.74, 6) is -2.46. The first-order valence-electron chi connectivity index (χ1n) is 11.1. The SMILES string of the molecule is C/C(=N\Nc1ccc([N+](=O)[O-])cc1[N+](=O)[O-])C1CC(c2ccccc2)(c2ccccc2)OOC1(C)O. The highest BCUT2D eigenvalue weighted by atomic mass is 17.2. The van der Waals surface area contributed by atoms with E-state index >= 15 is 0 Å². The normalized spacial score (nSPS) is 21.5. The molecule has 0 spiro atoms. The van der Waals surface area contributed by atoms with Crippen molar-refractivity contribution < 1.29 is 24.7 Å². The molecule has 2 unspecified atom stereocenters. The lowest BCUT2D eigenvalue weighted by atomic mass is 9.75. The molecule has 1 saturated heterocycles. The summed E-state index contributed by atoms with van der Waals surface area (Å²) in [5, 5.41) is 37.8. The van der Waals surface area contributed by atoms with Crippen LogP contribution in [-0.2, 0) is 15.4 Å². The van der Waals surface area contributed by atoms with E-state index in [2.05, 4.69) is 10.5 Å². The van der Waals surface area contributed by atoms with Crippen molar-refractivity contribution in [1.82, 2.24) is 0 Å². The highest BCUT2D eigenvalue weighted by molar-refractivity contribution is 5.86. The molecule has 4 rings (SSSR count). The van der Waals surface area contributed by atoms with Crippen LogP contribution in [0.2, 0.25) is 0 Å². The summed E-state index contributed by atoms with van der Waals surface area (Å²) in [4.78, 5) is 32.5. The summed E-state index contributed by atoms with van der Waals surface area (Å²) in [6.07, 6.45) is 0.243. The number of hydrazone groups is 1. The van der Waals surface area contributed by atoms with Gasteiger partial charge in [0, 0.05) is 18.2 Å². The molecule has 186 valence electrons. The van der Waals surface area contributed by atoms with Crippen LogP contribution in [0.3, 0.4) is 0 Å². The lowest BCUT2D eigenvalue weighted by Crippen LogP contribution is -2.53. The van der Waals surface area contributed by atoms with Gasteiger partial charge in [0.1, 0.15) is 5.69 Å². The van der Waals surface area contributed by atoms with Crippen LogP contribution in [0.1, 0.15) is 31.4 Å². The predicted octanol–water partition coefficient (Wildman–Crippen LogP) is 4.91. The number of nitrogens with one attached hydrogen (secondary N) is 1. The molecule has 1 fully saturated rings. The van der Waals surface area contributed by atoms with Crippen molar-refractivity contribution in [1.29, 1.82) is 0 Å². The van der Waals surface area contributed by atoms with Crippen LogP contribution in [0, 0.1) is 26.1 Å². The maximum atomic E-state index is 11.5. The van der Waals surface area contributed by atoms with Gasteiger partial charge in [0.2, 0.25) is 5.79 Å². The Morgan fingerprint density at radius 3 is 2.08 bits per heavy atom. The van der Waals surface area contributed by atoms with E-state index in [9.17, 15) is 25.3 Å². The molecule has 36 heavy (non-hydrogen) atoms. The molecule has 0 bridgehead atoms. The largest absolute Gasteiger partial charge is 0.363 e. The minimum Gasteiger partial charge on any atom is -0.363 e. The summed E-state index contributed by atoms with van der Waals surface area (Å²) >= 11 is 0. The van der Waals surface area contributed by atoms with Crippen molar-refractivity contribution in [2.24, 2.45) is 11.0 Å². The third-order valence-corrected chi connectivity index (χ3v) is 6.22. The average molecular weight is 492 g/mol. The van der Waals surface area contributed by atoms with Crippen LogP contribution in [-0.4, -0.2) is 26.5 Å². The van der Waals surface area contributed by atoms with E-state index in [1.165, 1.54) is 13.0 Å². The van der Waals surface area contributed by atoms with Crippen molar-refractivity contribution in [3.8, 4) is 0 Å². The first kappa shape index (κ1) is 24.9. The summed E-state index contributed by atoms with van der Waals surface area (Å²) < 4.78 is 0. The Kier molecular flexibility index (Phi) is 6.80. The van der Waals surface area contributed by atoms with Crippen molar-refractivity contribution in [2.45, 2.75) is 31.7 Å². The van der Waals surface area contributed by atoms with Gasteiger partial charge in [-0.25, -0.2) is 4.89 Å². The molecule has 3 aromatic rings. The number of nitro benzene ring substituents is 2. The van der Waals surface area contributed by atoms with Crippen LogP contribution in [0.4, 0.5) is 17.1 Å². The molecular formula is C25H24N4O7. The van der Waals surface area contributed by atoms with Crippen molar-refractivity contribution in [3.63, 3.8) is 0 Å². The van der Waals surface area contributed by atoms with Crippen LogP contribution in [0.15, 0.2) is 84.0 Å². The Morgan fingerprint density at radius 2 is 1.56 bits per heavy atom. The second-order valence-electron chi connectivity index (χ2n) is 8.62. The number of aliphatic hydroxyl groups is 1. The van der Waals surface area contributed by atoms with Crippen LogP contribution >= 0.6 is 0 Å². The number of benzene rings is 3. The average Bonchev–Trinajstić information content (AvgIpc) is 2.88. The van der Waals surface area contributed by atoms with Crippen LogP contribution in [0.25, 0.3) is 0 Å². The molecule has 1 aliphatic heterocycles. The summed E-state index contributed by atoms with van der Waals surface area (Å²) in [6.45, 7) is 3.10. The molecular weight excluding hydrogens is 468 g/mol. The zero-order chi connectivity index (χ0) is 25.9. The monoisotopic (exact) mass is 492 g/mol. The summed E-state index contributed by atoms with van der Waals surface area (Å²) in [6, 6.07) is 22.1. The molecule has 11 heteroatoms. The van der Waals surface area contributed by atoms with E-state index < -0.39 is 38.5 Å². The summed E-state index contributed by atoms with van der Waals surface area (Å²) in [5.41, 5.74) is 2.61. The van der Waals surface area contributed by atoms with Gasteiger partial charge in [-0.3, -0.25) is 25.7 Å². The quantitative estimate of drug-likeness (QED) is 0.204. The van der Waals surface area contributed by atoms with E-state index in [1.807, 2.05) is 60.7 Å². The predicted molar refractivity (Wildman–Crippen MR) is 131 cm³/mol. The number of hydrogen-bond acceptors (Lipinski definition) is 9. The van der Waals surface area contributed by atoms with E-state index in [1.54, 1.807) is 6.92 Å². The number of anilines is 1. The highest BCUT2D eigenvalue weighted by Crippen LogP contribution is 2.47. The lowest BCUT2D eigenvalue weighted by molar-refractivity contribution is -0.486. The Hall–Kier alpha value is -4.19. The van der Waals surface area contributed by atoms with Gasteiger partial charge in [-0.1, -0.05) is 60.7 Å². The topological polar surface area (TPSA) is 149 Å². The zero-order valence-electron chi connectivity index (χ0n) is 19.5. The lowest BCUT2D eigenvalue weighted by Gasteiger charge is -2.46. The number of rotatable bonds is 7. The first-order valence-corrected chi connectivity index (χ1v) is 11.1. The molecule has 11 nitrogen and oxygen atoms in total. The van der Waals surface area contributed by atoms with Crippen molar-refractivity contribution in [3.05, 3.63) is 110 Å². The van der Waals surface area contributed by atoms with Gasteiger partial charge < -0.3 is 5.11 Å². The van der Waals surface area contributed by atoms with E-state index in [0.29, 0.717) is 5.71 Å². The number of nitro groups is 2. The number of non-ortho nitro benzene ring substituents is 1. The molecule has 0 saturated carbocycles. The van der Waals surface area contributed by atoms with E-state index in [0.717, 1.165) is 23.3 Å². The third kappa shape index (κ3) is 4.80. The fraction of sp³-hybridized carbons (Fsp3) is 0.240. The second-order valence-corrected chi connectivity index (χ2v) is 8.62. The van der Waals surface area contributed by atoms with Crippen LogP contribution in [0.5, 0.6) is 0 Å². The fourth-order valence-corrected chi connectivity index (χ4v) is 4.28.